The Balaban J connectivity index is 4.08. The number of carbonyl (C=O) groups is 1. The van der Waals surface area contributed by atoms with Gasteiger partial charge >= 0.3 is 7.82 Å². The summed E-state index contributed by atoms with van der Waals surface area (Å²) in [6.45, 7) is 4.75. The summed E-state index contributed by atoms with van der Waals surface area (Å²) < 4.78 is 23.8. The SMILES string of the molecule is CC/C=C\C/C=C\C/C=C\C/C=C\CCCCCCCCCCCCCCCCC(=O)NC(COP(=O)(O)OCC[N+](C)(C)C)C(O)/C=C/CCCCCCCCCCCCCCCCCCCCCCCCCCCCCC. The third kappa shape index (κ3) is 63.6. The molecule has 0 aliphatic carbocycles. The molecule has 9 heteroatoms. The van der Waals surface area contributed by atoms with E-state index in [4.69, 9.17) is 9.05 Å². The van der Waals surface area contributed by atoms with E-state index in [-0.39, 0.29) is 19.1 Å². The van der Waals surface area contributed by atoms with Gasteiger partial charge in [0.2, 0.25) is 5.91 Å². The van der Waals surface area contributed by atoms with Crippen LogP contribution in [-0.2, 0) is 18.4 Å². The first-order valence-corrected chi connectivity index (χ1v) is 35.7. The van der Waals surface area contributed by atoms with E-state index in [9.17, 15) is 19.4 Å². The smallest absolute Gasteiger partial charge is 0.387 e. The van der Waals surface area contributed by atoms with E-state index in [1.165, 1.54) is 244 Å². The van der Waals surface area contributed by atoms with Crippen molar-refractivity contribution in [3.05, 3.63) is 60.8 Å². The minimum Gasteiger partial charge on any atom is -0.387 e. The molecule has 0 radical (unpaired) electrons. The van der Waals surface area contributed by atoms with Gasteiger partial charge < -0.3 is 19.8 Å². The summed E-state index contributed by atoms with van der Waals surface area (Å²) in [7, 11) is 1.58. The van der Waals surface area contributed by atoms with Crippen molar-refractivity contribution >= 4 is 13.7 Å². The van der Waals surface area contributed by atoms with Crippen LogP contribution in [0.3, 0.4) is 0 Å². The number of hydrogen-bond acceptors (Lipinski definition) is 5. The molecule has 0 bridgehead atoms. The zero-order valence-electron chi connectivity index (χ0n) is 53.1. The average Bonchev–Trinajstić information content (AvgIpc) is 3.42. The summed E-state index contributed by atoms with van der Waals surface area (Å²) in [5, 5.41) is 14.0. The fourth-order valence-electron chi connectivity index (χ4n) is 10.2. The number of phosphoric acid groups is 1. The van der Waals surface area contributed by atoms with E-state index in [0.717, 1.165) is 64.2 Å². The molecule has 0 aliphatic heterocycles. The molecule has 3 unspecified atom stereocenters. The second-order valence-corrected chi connectivity index (χ2v) is 26.0. The van der Waals surface area contributed by atoms with Gasteiger partial charge in [-0.25, -0.2) is 4.57 Å². The van der Waals surface area contributed by atoms with Crippen molar-refractivity contribution in [1.29, 1.82) is 0 Å². The lowest BCUT2D eigenvalue weighted by atomic mass is 10.0. The van der Waals surface area contributed by atoms with Gasteiger partial charge in [-0.3, -0.25) is 13.8 Å². The minimum atomic E-state index is -4.36. The average molecular weight is 1130 g/mol. The summed E-state index contributed by atoms with van der Waals surface area (Å²) in [6.07, 6.45) is 83.6. The highest BCUT2D eigenvalue weighted by Crippen LogP contribution is 2.43. The first-order valence-electron chi connectivity index (χ1n) is 34.2. The summed E-state index contributed by atoms with van der Waals surface area (Å²) in [5.41, 5.74) is 0. The Morgan fingerprint density at radius 1 is 0.443 bits per heavy atom. The van der Waals surface area contributed by atoms with Gasteiger partial charge in [0.25, 0.3) is 0 Å². The van der Waals surface area contributed by atoms with E-state index in [0.29, 0.717) is 17.4 Å². The molecule has 0 fully saturated rings. The van der Waals surface area contributed by atoms with E-state index < -0.39 is 20.0 Å². The number of allylic oxidation sites excluding steroid dienone is 9. The number of nitrogens with zero attached hydrogens (tertiary/aromatic N) is 1. The molecule has 0 aromatic rings. The summed E-state index contributed by atoms with van der Waals surface area (Å²) in [5.74, 6) is -0.175. The molecule has 0 saturated heterocycles. The van der Waals surface area contributed by atoms with Gasteiger partial charge in [0.05, 0.1) is 39.9 Å². The Morgan fingerprint density at radius 3 is 1.11 bits per heavy atom. The Kier molecular flexibility index (Phi) is 59.4. The molecule has 0 saturated carbocycles. The van der Waals surface area contributed by atoms with E-state index >= 15 is 0 Å². The highest BCUT2D eigenvalue weighted by atomic mass is 31.2. The Morgan fingerprint density at radius 2 is 0.759 bits per heavy atom. The van der Waals surface area contributed by atoms with Crippen molar-refractivity contribution in [1.82, 2.24) is 5.32 Å². The first-order chi connectivity index (χ1) is 38.5. The van der Waals surface area contributed by atoms with E-state index in [1.54, 1.807) is 6.08 Å². The zero-order chi connectivity index (χ0) is 57.7. The lowest BCUT2D eigenvalue weighted by molar-refractivity contribution is -0.870. The number of aliphatic hydroxyl groups is 1. The maximum absolute atomic E-state index is 13.0. The van der Waals surface area contributed by atoms with Crippen LogP contribution in [0.5, 0.6) is 0 Å². The topological polar surface area (TPSA) is 105 Å². The van der Waals surface area contributed by atoms with Crippen LogP contribution in [-0.4, -0.2) is 73.4 Å². The Bertz CT molecular complexity index is 1470. The molecule has 3 atom stereocenters. The van der Waals surface area contributed by atoms with E-state index in [2.05, 4.69) is 67.8 Å². The highest BCUT2D eigenvalue weighted by Gasteiger charge is 2.28. The summed E-state index contributed by atoms with van der Waals surface area (Å²) in [6, 6.07) is -0.850. The minimum absolute atomic E-state index is 0.0609. The second kappa shape index (κ2) is 60.8. The van der Waals surface area contributed by atoms with Gasteiger partial charge in [-0.1, -0.05) is 325 Å². The summed E-state index contributed by atoms with van der Waals surface area (Å²) in [4.78, 5) is 23.4. The maximum Gasteiger partial charge on any atom is 0.472 e. The number of unbranched alkanes of at least 4 members (excludes halogenated alkanes) is 42. The quantitative estimate of drug-likeness (QED) is 0.0243. The van der Waals surface area contributed by atoms with Crippen molar-refractivity contribution < 1.29 is 32.9 Å². The molecular formula is C70H134N2O6P+. The van der Waals surface area contributed by atoms with Gasteiger partial charge in [0.15, 0.2) is 0 Å². The number of carbonyl (C=O) groups excluding carboxylic acids is 1. The molecule has 464 valence electrons. The number of nitrogens with one attached hydrogen (secondary N) is 1. The second-order valence-electron chi connectivity index (χ2n) is 24.5. The number of aliphatic hydroxyl groups excluding tert-OH is 1. The number of quaternary nitrogens is 1. The third-order valence-electron chi connectivity index (χ3n) is 15.5. The normalized spacial score (nSPS) is 14.1. The molecule has 8 nitrogen and oxygen atoms in total. The van der Waals surface area contributed by atoms with Gasteiger partial charge in [0, 0.05) is 6.42 Å². The Labute approximate surface area is 492 Å². The van der Waals surface area contributed by atoms with Crippen molar-refractivity contribution in [2.45, 2.75) is 341 Å². The number of hydrogen-bond donors (Lipinski definition) is 3. The standard InChI is InChI=1S/C70H133N2O6P/c1-6-8-10-12-14-16-18-20-22-24-26-28-30-32-34-35-36-38-39-41-43-45-47-49-51-53-55-57-59-61-63-69(73)68(67-78-79(75,76)77-66-65-72(3,4)5)71-70(74)64-62-60-58-56-54-52-50-48-46-44-42-40-37-33-31-29-27-25-23-21-19-17-15-13-11-9-7-2/h9,11,15,17,21,23,27,29,61,63,68-69,73H,6-8,10,12-14,16,18-20,22,24-26,28,30-60,62,64-67H2,1-5H3,(H-,71,74,75,76)/p+1/b11-9-,17-15-,23-21-,29-27-,63-61+. The van der Waals surface area contributed by atoms with Gasteiger partial charge in [-0.15, -0.1) is 0 Å². The predicted octanol–water partition coefficient (Wildman–Crippen LogP) is 21.6. The molecule has 79 heavy (non-hydrogen) atoms. The third-order valence-corrected chi connectivity index (χ3v) is 16.5. The largest absolute Gasteiger partial charge is 0.472 e. The summed E-state index contributed by atoms with van der Waals surface area (Å²) >= 11 is 0. The fraction of sp³-hybridized carbons (Fsp3) is 0.843. The Hall–Kier alpha value is -1.80. The van der Waals surface area contributed by atoms with Crippen LogP contribution in [0.15, 0.2) is 60.8 Å². The van der Waals surface area contributed by atoms with Crippen molar-refractivity contribution in [2.24, 2.45) is 0 Å². The molecule has 0 rings (SSSR count). The lowest BCUT2D eigenvalue weighted by Gasteiger charge is -2.25. The van der Waals surface area contributed by atoms with Gasteiger partial charge in [0.1, 0.15) is 13.2 Å². The molecule has 0 aromatic carbocycles. The van der Waals surface area contributed by atoms with Crippen LogP contribution in [0.4, 0.5) is 0 Å². The van der Waals surface area contributed by atoms with Gasteiger partial charge in [-0.05, 0) is 57.8 Å². The van der Waals surface area contributed by atoms with Gasteiger partial charge in [-0.2, -0.15) is 0 Å². The molecule has 1 amide bonds. The number of phosphoric ester groups is 1. The number of amides is 1. The van der Waals surface area contributed by atoms with Crippen LogP contribution >= 0.6 is 7.82 Å². The predicted molar refractivity (Wildman–Crippen MR) is 346 cm³/mol. The number of likely N-dealkylation sites (N-methyl/N-ethyl adjacent to an activating group) is 1. The monoisotopic (exact) mass is 1130 g/mol. The fourth-order valence-corrected chi connectivity index (χ4v) is 11.0. The molecule has 0 aromatic heterocycles. The zero-order valence-corrected chi connectivity index (χ0v) is 54.0. The molecule has 3 N–H and O–H groups in total. The molecule has 0 heterocycles. The van der Waals surface area contributed by atoms with Crippen molar-refractivity contribution in [3.8, 4) is 0 Å². The van der Waals surface area contributed by atoms with Crippen LogP contribution in [0.25, 0.3) is 0 Å². The lowest BCUT2D eigenvalue weighted by Crippen LogP contribution is -2.45. The first kappa shape index (κ1) is 77.2. The van der Waals surface area contributed by atoms with Crippen LogP contribution < -0.4 is 5.32 Å². The number of rotatable bonds is 63. The molecular weight excluding hydrogens is 996 g/mol. The van der Waals surface area contributed by atoms with Crippen molar-refractivity contribution in [2.75, 3.05) is 40.9 Å². The van der Waals surface area contributed by atoms with Crippen LogP contribution in [0.2, 0.25) is 0 Å². The van der Waals surface area contributed by atoms with Crippen LogP contribution in [0.1, 0.15) is 328 Å². The van der Waals surface area contributed by atoms with E-state index in [1.807, 2.05) is 27.2 Å². The van der Waals surface area contributed by atoms with Crippen molar-refractivity contribution in [3.63, 3.8) is 0 Å². The van der Waals surface area contributed by atoms with Crippen LogP contribution in [0, 0.1) is 0 Å². The maximum atomic E-state index is 13.0. The molecule has 0 spiro atoms. The molecule has 0 aliphatic rings. The highest BCUT2D eigenvalue weighted by molar-refractivity contribution is 7.47.